The van der Waals surface area contributed by atoms with Crippen molar-refractivity contribution in [2.45, 2.75) is 53.0 Å². The molecule has 29 heavy (non-hydrogen) atoms. The van der Waals surface area contributed by atoms with E-state index < -0.39 is 0 Å². The molecule has 0 aliphatic carbocycles. The minimum absolute atomic E-state index is 0.0853. The average molecular weight is 393 g/mol. The predicted molar refractivity (Wildman–Crippen MR) is 110 cm³/mol. The number of hydrogen-bond donors (Lipinski definition) is 0. The lowest BCUT2D eigenvalue weighted by Crippen LogP contribution is -2.33. The Morgan fingerprint density at radius 2 is 2.10 bits per heavy atom. The van der Waals surface area contributed by atoms with E-state index in [-0.39, 0.29) is 5.91 Å². The SMILES string of the molecule is Cc1nnc(-c2cc(CC(C)C)n(-c3cccc(C(=O)N4CCCC4C)c3)n2)o1. The molecule has 152 valence electrons. The summed E-state index contributed by atoms with van der Waals surface area (Å²) in [6, 6.07) is 9.98. The predicted octanol–water partition coefficient (Wildman–Crippen LogP) is 4.05. The largest absolute Gasteiger partial charge is 0.420 e. The van der Waals surface area contributed by atoms with Gasteiger partial charge in [-0.2, -0.15) is 5.10 Å². The standard InChI is InChI=1S/C22H27N5O2/c1-14(2)11-19-13-20(21-24-23-16(4)29-21)25-27(19)18-9-5-8-17(12-18)22(28)26-10-6-7-15(26)3/h5,8-9,12-15H,6-7,10-11H2,1-4H3. The van der Waals surface area contributed by atoms with Gasteiger partial charge in [-0.3, -0.25) is 4.79 Å². The molecule has 2 aromatic heterocycles. The zero-order chi connectivity index (χ0) is 20.5. The maximum Gasteiger partial charge on any atom is 0.268 e. The zero-order valence-corrected chi connectivity index (χ0v) is 17.4. The Labute approximate surface area is 170 Å². The molecule has 3 heterocycles. The summed E-state index contributed by atoms with van der Waals surface area (Å²) >= 11 is 0. The zero-order valence-electron chi connectivity index (χ0n) is 17.4. The first-order valence-corrected chi connectivity index (χ1v) is 10.2. The Morgan fingerprint density at radius 1 is 1.28 bits per heavy atom. The van der Waals surface area contributed by atoms with Crippen LogP contribution in [0.3, 0.4) is 0 Å². The van der Waals surface area contributed by atoms with Crippen LogP contribution in [0, 0.1) is 12.8 Å². The molecular formula is C22H27N5O2. The van der Waals surface area contributed by atoms with E-state index in [1.54, 1.807) is 6.92 Å². The summed E-state index contributed by atoms with van der Waals surface area (Å²) < 4.78 is 7.45. The topological polar surface area (TPSA) is 77.1 Å². The Balaban J connectivity index is 1.71. The second-order valence-electron chi connectivity index (χ2n) is 8.20. The van der Waals surface area contributed by atoms with E-state index in [1.807, 2.05) is 39.9 Å². The quantitative estimate of drug-likeness (QED) is 0.653. The van der Waals surface area contributed by atoms with Crippen LogP contribution >= 0.6 is 0 Å². The van der Waals surface area contributed by atoms with Crippen LogP contribution in [0.15, 0.2) is 34.7 Å². The molecule has 1 aliphatic rings. The fraction of sp³-hybridized carbons (Fsp3) is 0.455. The van der Waals surface area contributed by atoms with Gasteiger partial charge in [-0.05, 0) is 56.4 Å². The number of aryl methyl sites for hydroxylation is 1. The maximum absolute atomic E-state index is 13.0. The molecular weight excluding hydrogens is 366 g/mol. The normalized spacial score (nSPS) is 16.7. The molecule has 1 amide bonds. The summed E-state index contributed by atoms with van der Waals surface area (Å²) in [5, 5.41) is 12.7. The highest BCUT2D eigenvalue weighted by Crippen LogP contribution is 2.25. The highest BCUT2D eigenvalue weighted by Gasteiger charge is 2.26. The first-order valence-electron chi connectivity index (χ1n) is 10.2. The van der Waals surface area contributed by atoms with Crippen LogP contribution < -0.4 is 0 Å². The van der Waals surface area contributed by atoms with Gasteiger partial charge in [0.1, 0.15) is 5.69 Å². The Morgan fingerprint density at radius 3 is 2.76 bits per heavy atom. The van der Waals surface area contributed by atoms with Crippen LogP contribution in [0.5, 0.6) is 0 Å². The first kappa shape index (κ1) is 19.4. The molecule has 3 aromatic rings. The summed E-state index contributed by atoms with van der Waals surface area (Å²) in [4.78, 5) is 15.0. The van der Waals surface area contributed by atoms with Crippen molar-refractivity contribution in [3.63, 3.8) is 0 Å². The van der Waals surface area contributed by atoms with E-state index in [4.69, 9.17) is 9.52 Å². The first-order chi connectivity index (χ1) is 13.9. The molecule has 1 fully saturated rings. The lowest BCUT2D eigenvalue weighted by atomic mass is 10.1. The molecule has 0 bridgehead atoms. The molecule has 4 rings (SSSR count). The number of rotatable bonds is 5. The van der Waals surface area contributed by atoms with Gasteiger partial charge in [0, 0.05) is 30.8 Å². The van der Waals surface area contributed by atoms with E-state index in [0.717, 1.165) is 37.2 Å². The van der Waals surface area contributed by atoms with E-state index >= 15 is 0 Å². The van der Waals surface area contributed by atoms with Crippen molar-refractivity contribution < 1.29 is 9.21 Å². The Hall–Kier alpha value is -2.96. The third-order valence-corrected chi connectivity index (χ3v) is 5.30. The summed E-state index contributed by atoms with van der Waals surface area (Å²) in [5.74, 6) is 1.46. The molecule has 7 heteroatoms. The third-order valence-electron chi connectivity index (χ3n) is 5.30. The summed E-state index contributed by atoms with van der Waals surface area (Å²) in [7, 11) is 0. The van der Waals surface area contributed by atoms with Crippen LogP contribution in [0.4, 0.5) is 0 Å². The highest BCUT2D eigenvalue weighted by atomic mass is 16.4. The molecule has 1 saturated heterocycles. The molecule has 7 nitrogen and oxygen atoms in total. The molecule has 0 radical (unpaired) electrons. The van der Waals surface area contributed by atoms with Gasteiger partial charge in [-0.25, -0.2) is 4.68 Å². The number of aromatic nitrogens is 4. The van der Waals surface area contributed by atoms with E-state index in [0.29, 0.717) is 35.0 Å². The lowest BCUT2D eigenvalue weighted by Gasteiger charge is -2.21. The highest BCUT2D eigenvalue weighted by molar-refractivity contribution is 5.95. The van der Waals surface area contributed by atoms with E-state index in [2.05, 4.69) is 31.0 Å². The summed E-state index contributed by atoms with van der Waals surface area (Å²) in [5.41, 5.74) is 3.24. The second-order valence-corrected chi connectivity index (χ2v) is 8.20. The van der Waals surface area contributed by atoms with Crippen LogP contribution in [0.25, 0.3) is 17.3 Å². The fourth-order valence-electron chi connectivity index (χ4n) is 3.88. The van der Waals surface area contributed by atoms with Crippen molar-refractivity contribution in [1.82, 2.24) is 24.9 Å². The summed E-state index contributed by atoms with van der Waals surface area (Å²) in [6.07, 6.45) is 2.98. The number of hydrogen-bond acceptors (Lipinski definition) is 5. The number of carbonyl (C=O) groups is 1. The number of benzene rings is 1. The third kappa shape index (κ3) is 3.95. The van der Waals surface area contributed by atoms with Gasteiger partial charge < -0.3 is 9.32 Å². The van der Waals surface area contributed by atoms with Crippen LogP contribution in [-0.4, -0.2) is 43.4 Å². The summed E-state index contributed by atoms with van der Waals surface area (Å²) in [6.45, 7) is 9.04. The van der Waals surface area contributed by atoms with Gasteiger partial charge in [0.25, 0.3) is 11.8 Å². The molecule has 0 N–H and O–H groups in total. The monoisotopic (exact) mass is 393 g/mol. The van der Waals surface area contributed by atoms with Crippen molar-refractivity contribution >= 4 is 5.91 Å². The van der Waals surface area contributed by atoms with E-state index in [1.165, 1.54) is 0 Å². The minimum atomic E-state index is 0.0853. The van der Waals surface area contributed by atoms with Gasteiger partial charge in [0.05, 0.1) is 5.69 Å². The van der Waals surface area contributed by atoms with Gasteiger partial charge in [-0.1, -0.05) is 19.9 Å². The van der Waals surface area contributed by atoms with Crippen LogP contribution in [-0.2, 0) is 6.42 Å². The number of amides is 1. The Bertz CT molecular complexity index is 1020. The van der Waals surface area contributed by atoms with Crippen molar-refractivity contribution in [1.29, 1.82) is 0 Å². The van der Waals surface area contributed by atoms with Gasteiger partial charge in [0.2, 0.25) is 5.89 Å². The average Bonchev–Trinajstić information content (AvgIpc) is 3.41. The lowest BCUT2D eigenvalue weighted by molar-refractivity contribution is 0.0747. The number of nitrogens with zero attached hydrogens (tertiary/aromatic N) is 5. The Kier molecular flexibility index (Phi) is 5.22. The smallest absolute Gasteiger partial charge is 0.268 e. The van der Waals surface area contributed by atoms with E-state index in [9.17, 15) is 4.79 Å². The van der Waals surface area contributed by atoms with Crippen molar-refractivity contribution in [3.8, 4) is 17.3 Å². The van der Waals surface area contributed by atoms with Gasteiger partial charge in [0.15, 0.2) is 0 Å². The fourth-order valence-corrected chi connectivity index (χ4v) is 3.88. The molecule has 1 atom stereocenters. The molecule has 1 aliphatic heterocycles. The molecule has 1 aromatic carbocycles. The number of likely N-dealkylation sites (tertiary alicyclic amines) is 1. The minimum Gasteiger partial charge on any atom is -0.420 e. The second kappa shape index (κ2) is 7.81. The molecule has 1 unspecified atom stereocenters. The van der Waals surface area contributed by atoms with Crippen LogP contribution in [0.2, 0.25) is 0 Å². The molecule has 0 saturated carbocycles. The maximum atomic E-state index is 13.0. The van der Waals surface area contributed by atoms with Crippen molar-refractivity contribution in [2.24, 2.45) is 5.92 Å². The molecule has 0 spiro atoms. The van der Waals surface area contributed by atoms with Crippen molar-refractivity contribution in [3.05, 3.63) is 47.5 Å². The van der Waals surface area contributed by atoms with Gasteiger partial charge >= 0.3 is 0 Å². The van der Waals surface area contributed by atoms with Crippen LogP contribution in [0.1, 0.15) is 55.6 Å². The van der Waals surface area contributed by atoms with Gasteiger partial charge in [-0.15, -0.1) is 10.2 Å². The van der Waals surface area contributed by atoms with Crippen molar-refractivity contribution in [2.75, 3.05) is 6.54 Å². The number of carbonyl (C=O) groups excluding carboxylic acids is 1.